The topological polar surface area (TPSA) is 87.3 Å². The third kappa shape index (κ3) is 8.95. The van der Waals surface area contributed by atoms with Crippen LogP contribution in [0.2, 0.25) is 5.02 Å². The van der Waals surface area contributed by atoms with Gasteiger partial charge in [-0.1, -0.05) is 96.0 Å². The molecule has 0 heterocycles. The maximum Gasteiger partial charge on any atom is 0.272 e. The smallest absolute Gasteiger partial charge is 0.272 e. The van der Waals surface area contributed by atoms with Crippen molar-refractivity contribution >= 4 is 58.5 Å². The number of halogens is 1. The standard InChI is InChI=1S/C37H30ClN3O3S/c1-25-15-17-26(18-16-25)23-33(41-35(42)28-11-6-3-7-12-28)36(43)39-30-19-21-32(22-20-30)45-34(27-9-4-2-5-10-27)37(44)40-31-14-8-13-29(38)24-31/h2-24,34H,1H3,(H,39,43)(H,40,44)(H,41,42)/b33-23-. The molecule has 5 rings (SSSR count). The predicted molar refractivity (Wildman–Crippen MR) is 183 cm³/mol. The first-order valence-electron chi connectivity index (χ1n) is 14.2. The maximum absolute atomic E-state index is 13.4. The van der Waals surface area contributed by atoms with Crippen molar-refractivity contribution in [1.82, 2.24) is 5.32 Å². The third-order valence-corrected chi connectivity index (χ3v) is 8.22. The average molecular weight is 632 g/mol. The van der Waals surface area contributed by atoms with Gasteiger partial charge in [0.2, 0.25) is 5.91 Å². The van der Waals surface area contributed by atoms with Crippen molar-refractivity contribution in [2.24, 2.45) is 0 Å². The molecular formula is C37H30ClN3O3S. The third-order valence-electron chi connectivity index (χ3n) is 6.72. The van der Waals surface area contributed by atoms with Crippen LogP contribution >= 0.6 is 23.4 Å². The van der Waals surface area contributed by atoms with Gasteiger partial charge in [-0.15, -0.1) is 11.8 Å². The molecule has 0 aliphatic heterocycles. The molecule has 0 saturated heterocycles. The van der Waals surface area contributed by atoms with Crippen molar-refractivity contribution in [3.63, 3.8) is 0 Å². The highest BCUT2D eigenvalue weighted by Gasteiger charge is 2.22. The summed E-state index contributed by atoms with van der Waals surface area (Å²) in [4.78, 5) is 40.6. The lowest BCUT2D eigenvalue weighted by Gasteiger charge is -2.18. The number of thioether (sulfide) groups is 1. The largest absolute Gasteiger partial charge is 0.325 e. The van der Waals surface area contributed by atoms with Crippen molar-refractivity contribution in [3.05, 3.63) is 166 Å². The molecule has 5 aromatic carbocycles. The van der Waals surface area contributed by atoms with Crippen LogP contribution in [0, 0.1) is 6.92 Å². The minimum atomic E-state index is -0.539. The van der Waals surface area contributed by atoms with Crippen LogP contribution in [0.3, 0.4) is 0 Å². The summed E-state index contributed by atoms with van der Waals surface area (Å²) in [7, 11) is 0. The first-order valence-corrected chi connectivity index (χ1v) is 15.4. The van der Waals surface area contributed by atoms with Crippen LogP contribution in [-0.2, 0) is 9.59 Å². The fourth-order valence-corrected chi connectivity index (χ4v) is 5.61. The zero-order valence-electron chi connectivity index (χ0n) is 24.4. The molecule has 45 heavy (non-hydrogen) atoms. The van der Waals surface area contributed by atoms with Gasteiger partial charge >= 0.3 is 0 Å². The minimum Gasteiger partial charge on any atom is -0.325 e. The molecular weight excluding hydrogens is 602 g/mol. The number of hydrogen-bond donors (Lipinski definition) is 3. The lowest BCUT2D eigenvalue weighted by Crippen LogP contribution is -2.30. The molecule has 8 heteroatoms. The zero-order valence-corrected chi connectivity index (χ0v) is 25.9. The Morgan fingerprint density at radius 3 is 2.04 bits per heavy atom. The molecule has 0 aliphatic rings. The fourth-order valence-electron chi connectivity index (χ4n) is 4.40. The highest BCUT2D eigenvalue weighted by atomic mass is 35.5. The summed E-state index contributed by atoms with van der Waals surface area (Å²) in [6, 6.07) is 40.1. The van der Waals surface area contributed by atoms with E-state index in [0.29, 0.717) is 22.0 Å². The summed E-state index contributed by atoms with van der Waals surface area (Å²) < 4.78 is 0. The summed E-state index contributed by atoms with van der Waals surface area (Å²) in [5, 5.41) is 8.60. The first kappa shape index (κ1) is 31.3. The van der Waals surface area contributed by atoms with Gasteiger partial charge in [-0.2, -0.15) is 0 Å². The van der Waals surface area contributed by atoms with Crippen LogP contribution in [0.15, 0.2) is 144 Å². The number of carbonyl (C=O) groups excluding carboxylic acids is 3. The SMILES string of the molecule is Cc1ccc(/C=C(\NC(=O)c2ccccc2)C(=O)Nc2ccc(SC(C(=O)Nc3cccc(Cl)c3)c3ccccc3)cc2)cc1. The molecule has 5 aromatic rings. The lowest BCUT2D eigenvalue weighted by molar-refractivity contribution is -0.116. The Hall–Kier alpha value is -5.11. The number of aryl methyl sites for hydroxylation is 1. The Morgan fingerprint density at radius 1 is 0.711 bits per heavy atom. The van der Waals surface area contributed by atoms with Crippen molar-refractivity contribution in [2.75, 3.05) is 10.6 Å². The van der Waals surface area contributed by atoms with Crippen molar-refractivity contribution in [3.8, 4) is 0 Å². The second-order valence-electron chi connectivity index (χ2n) is 10.2. The van der Waals surface area contributed by atoms with Gasteiger partial charge in [-0.3, -0.25) is 14.4 Å². The molecule has 0 bridgehead atoms. The highest BCUT2D eigenvalue weighted by molar-refractivity contribution is 8.00. The van der Waals surface area contributed by atoms with Gasteiger partial charge in [0, 0.05) is 26.9 Å². The molecule has 6 nitrogen and oxygen atoms in total. The summed E-state index contributed by atoms with van der Waals surface area (Å²) in [6.07, 6.45) is 1.64. The molecule has 3 amide bonds. The molecule has 3 N–H and O–H groups in total. The average Bonchev–Trinajstić information content (AvgIpc) is 3.05. The quantitative estimate of drug-likeness (QED) is 0.106. The Balaban J connectivity index is 1.32. The molecule has 0 saturated carbocycles. The number of anilines is 2. The van der Waals surface area contributed by atoms with Crippen LogP contribution in [-0.4, -0.2) is 17.7 Å². The van der Waals surface area contributed by atoms with E-state index in [1.165, 1.54) is 11.8 Å². The summed E-state index contributed by atoms with van der Waals surface area (Å²) in [6.45, 7) is 1.98. The van der Waals surface area contributed by atoms with Crippen LogP contribution in [0.5, 0.6) is 0 Å². The zero-order chi connectivity index (χ0) is 31.6. The van der Waals surface area contributed by atoms with Gasteiger partial charge in [0.15, 0.2) is 0 Å². The van der Waals surface area contributed by atoms with Crippen LogP contribution in [0.25, 0.3) is 6.08 Å². The van der Waals surface area contributed by atoms with Crippen LogP contribution in [0.4, 0.5) is 11.4 Å². The minimum absolute atomic E-state index is 0.105. The Bertz CT molecular complexity index is 1810. The van der Waals surface area contributed by atoms with Crippen LogP contribution in [0.1, 0.15) is 32.3 Å². The monoisotopic (exact) mass is 631 g/mol. The molecule has 0 spiro atoms. The summed E-state index contributed by atoms with van der Waals surface area (Å²) >= 11 is 7.50. The maximum atomic E-state index is 13.4. The van der Waals surface area contributed by atoms with Crippen molar-refractivity contribution in [1.29, 1.82) is 0 Å². The summed E-state index contributed by atoms with van der Waals surface area (Å²) in [5.41, 5.74) is 4.39. The molecule has 1 atom stereocenters. The first-order chi connectivity index (χ1) is 21.8. The van der Waals surface area contributed by atoms with Crippen molar-refractivity contribution < 1.29 is 14.4 Å². The number of carbonyl (C=O) groups is 3. The van der Waals surface area contributed by atoms with Crippen molar-refractivity contribution in [2.45, 2.75) is 17.1 Å². The van der Waals surface area contributed by atoms with Gasteiger partial charge in [0.25, 0.3) is 11.8 Å². The molecule has 0 aromatic heterocycles. The van der Waals surface area contributed by atoms with Gasteiger partial charge in [0.1, 0.15) is 10.9 Å². The van der Waals surface area contributed by atoms with E-state index in [0.717, 1.165) is 21.6 Å². The molecule has 1 unspecified atom stereocenters. The van der Waals surface area contributed by atoms with Gasteiger partial charge in [-0.05, 0) is 78.7 Å². The van der Waals surface area contributed by atoms with E-state index >= 15 is 0 Å². The van der Waals surface area contributed by atoms with E-state index in [4.69, 9.17) is 11.6 Å². The Kier molecular flexibility index (Phi) is 10.5. The second kappa shape index (κ2) is 15.1. The van der Waals surface area contributed by atoms with Gasteiger partial charge in [0.05, 0.1) is 0 Å². The number of hydrogen-bond acceptors (Lipinski definition) is 4. The van der Waals surface area contributed by atoms with E-state index < -0.39 is 11.2 Å². The lowest BCUT2D eigenvalue weighted by atomic mass is 10.1. The number of rotatable bonds is 10. The Morgan fingerprint density at radius 2 is 1.38 bits per heavy atom. The van der Waals surface area contributed by atoms with Crippen LogP contribution < -0.4 is 16.0 Å². The van der Waals surface area contributed by atoms with E-state index in [1.807, 2.05) is 79.7 Å². The Labute approximate surface area is 271 Å². The molecule has 0 fully saturated rings. The van der Waals surface area contributed by atoms with E-state index in [2.05, 4.69) is 16.0 Å². The number of benzene rings is 5. The predicted octanol–water partition coefficient (Wildman–Crippen LogP) is 8.53. The fraction of sp³-hybridized carbons (Fsp3) is 0.0541. The van der Waals surface area contributed by atoms with E-state index in [1.54, 1.807) is 66.7 Å². The number of amides is 3. The molecule has 0 aliphatic carbocycles. The van der Waals surface area contributed by atoms with E-state index in [-0.39, 0.29) is 17.5 Å². The van der Waals surface area contributed by atoms with Gasteiger partial charge in [-0.25, -0.2) is 0 Å². The molecule has 0 radical (unpaired) electrons. The normalized spacial score (nSPS) is 11.7. The second-order valence-corrected chi connectivity index (χ2v) is 11.8. The summed E-state index contributed by atoms with van der Waals surface area (Å²) in [5.74, 6) is -1.05. The van der Waals surface area contributed by atoms with Gasteiger partial charge < -0.3 is 16.0 Å². The highest BCUT2D eigenvalue weighted by Crippen LogP contribution is 2.37. The van der Waals surface area contributed by atoms with E-state index in [9.17, 15) is 14.4 Å². The number of nitrogens with one attached hydrogen (secondary N) is 3. The molecule has 224 valence electrons.